The SMILES string of the molecule is CCOc1ccc(C)c2c1CCC2N. The van der Waals surface area contributed by atoms with Crippen molar-refractivity contribution in [3.8, 4) is 5.75 Å². The third-order valence-electron chi connectivity index (χ3n) is 2.91. The molecule has 2 heteroatoms. The van der Waals surface area contributed by atoms with Gasteiger partial charge in [-0.15, -0.1) is 0 Å². The maximum absolute atomic E-state index is 6.06. The third-order valence-corrected chi connectivity index (χ3v) is 2.91. The highest BCUT2D eigenvalue weighted by atomic mass is 16.5. The van der Waals surface area contributed by atoms with E-state index in [1.54, 1.807) is 0 Å². The zero-order valence-corrected chi connectivity index (χ0v) is 8.84. The summed E-state index contributed by atoms with van der Waals surface area (Å²) in [5, 5.41) is 0. The Morgan fingerprint density at radius 3 is 3.00 bits per heavy atom. The van der Waals surface area contributed by atoms with Crippen molar-refractivity contribution in [2.75, 3.05) is 6.61 Å². The Labute approximate surface area is 85.1 Å². The second kappa shape index (κ2) is 3.62. The molecule has 0 aromatic heterocycles. The Kier molecular flexibility index (Phi) is 2.46. The number of benzene rings is 1. The van der Waals surface area contributed by atoms with E-state index in [0.29, 0.717) is 0 Å². The Bertz CT molecular complexity index is 346. The van der Waals surface area contributed by atoms with E-state index in [4.69, 9.17) is 10.5 Å². The lowest BCUT2D eigenvalue weighted by Gasteiger charge is -2.12. The van der Waals surface area contributed by atoms with Gasteiger partial charge in [-0.2, -0.15) is 0 Å². The van der Waals surface area contributed by atoms with E-state index in [2.05, 4.69) is 19.1 Å². The minimum atomic E-state index is 0.213. The fourth-order valence-electron chi connectivity index (χ4n) is 2.27. The summed E-state index contributed by atoms with van der Waals surface area (Å²) in [5.74, 6) is 1.03. The molecule has 1 aliphatic rings. The highest BCUT2D eigenvalue weighted by Gasteiger charge is 2.24. The van der Waals surface area contributed by atoms with Crippen LogP contribution in [-0.2, 0) is 6.42 Å². The van der Waals surface area contributed by atoms with Gasteiger partial charge in [-0.05, 0) is 49.4 Å². The molecule has 76 valence electrons. The van der Waals surface area contributed by atoms with Crippen molar-refractivity contribution in [1.82, 2.24) is 0 Å². The molecule has 2 rings (SSSR count). The molecular formula is C12H17NO. The van der Waals surface area contributed by atoms with E-state index >= 15 is 0 Å². The second-order valence-electron chi connectivity index (χ2n) is 3.85. The van der Waals surface area contributed by atoms with Crippen molar-refractivity contribution >= 4 is 0 Å². The summed E-state index contributed by atoms with van der Waals surface area (Å²) in [6.07, 6.45) is 2.12. The van der Waals surface area contributed by atoms with E-state index in [1.165, 1.54) is 16.7 Å². The number of ether oxygens (including phenoxy) is 1. The van der Waals surface area contributed by atoms with Crippen LogP contribution < -0.4 is 10.5 Å². The van der Waals surface area contributed by atoms with Gasteiger partial charge in [0.1, 0.15) is 5.75 Å². The summed E-state index contributed by atoms with van der Waals surface area (Å²) < 4.78 is 5.60. The zero-order chi connectivity index (χ0) is 10.1. The van der Waals surface area contributed by atoms with Gasteiger partial charge in [0.2, 0.25) is 0 Å². The maximum atomic E-state index is 6.06. The van der Waals surface area contributed by atoms with Gasteiger partial charge in [-0.3, -0.25) is 0 Å². The number of nitrogens with two attached hydrogens (primary N) is 1. The van der Waals surface area contributed by atoms with Gasteiger partial charge in [-0.1, -0.05) is 6.07 Å². The maximum Gasteiger partial charge on any atom is 0.122 e. The second-order valence-corrected chi connectivity index (χ2v) is 3.85. The molecule has 0 aliphatic heterocycles. The van der Waals surface area contributed by atoms with Crippen molar-refractivity contribution in [3.05, 3.63) is 28.8 Å². The number of hydrogen-bond donors (Lipinski definition) is 1. The van der Waals surface area contributed by atoms with Crippen molar-refractivity contribution in [3.63, 3.8) is 0 Å². The molecule has 0 spiro atoms. The minimum absolute atomic E-state index is 0.213. The lowest BCUT2D eigenvalue weighted by Crippen LogP contribution is -2.07. The van der Waals surface area contributed by atoms with Gasteiger partial charge >= 0.3 is 0 Å². The summed E-state index contributed by atoms with van der Waals surface area (Å²) in [6, 6.07) is 4.38. The highest BCUT2D eigenvalue weighted by molar-refractivity contribution is 5.49. The summed E-state index contributed by atoms with van der Waals surface area (Å²) in [7, 11) is 0. The van der Waals surface area contributed by atoms with Crippen LogP contribution in [0.15, 0.2) is 12.1 Å². The van der Waals surface area contributed by atoms with Crippen LogP contribution in [0.2, 0.25) is 0 Å². The summed E-state index contributed by atoms with van der Waals surface area (Å²) in [5.41, 5.74) is 10.0. The van der Waals surface area contributed by atoms with Crippen LogP contribution in [0.1, 0.15) is 36.1 Å². The van der Waals surface area contributed by atoms with E-state index in [9.17, 15) is 0 Å². The fraction of sp³-hybridized carbons (Fsp3) is 0.500. The van der Waals surface area contributed by atoms with Gasteiger partial charge in [0.15, 0.2) is 0 Å². The Morgan fingerprint density at radius 1 is 1.50 bits per heavy atom. The molecule has 1 atom stereocenters. The smallest absolute Gasteiger partial charge is 0.122 e. The van der Waals surface area contributed by atoms with Crippen molar-refractivity contribution in [2.45, 2.75) is 32.7 Å². The molecule has 0 fully saturated rings. The number of rotatable bonds is 2. The molecule has 0 amide bonds. The summed E-state index contributed by atoms with van der Waals surface area (Å²) in [4.78, 5) is 0. The lowest BCUT2D eigenvalue weighted by molar-refractivity contribution is 0.337. The molecule has 0 saturated heterocycles. The van der Waals surface area contributed by atoms with Crippen LogP contribution in [0.4, 0.5) is 0 Å². The largest absolute Gasteiger partial charge is 0.494 e. The molecule has 1 aromatic rings. The first-order valence-corrected chi connectivity index (χ1v) is 5.24. The van der Waals surface area contributed by atoms with Gasteiger partial charge in [0.25, 0.3) is 0 Å². The monoisotopic (exact) mass is 191 g/mol. The average Bonchev–Trinajstić information content (AvgIpc) is 2.54. The lowest BCUT2D eigenvalue weighted by atomic mass is 10.0. The number of aryl methyl sites for hydroxylation is 1. The summed E-state index contributed by atoms with van der Waals surface area (Å²) >= 11 is 0. The first kappa shape index (κ1) is 9.53. The predicted octanol–water partition coefficient (Wildman–Crippen LogP) is 2.34. The van der Waals surface area contributed by atoms with E-state index in [-0.39, 0.29) is 6.04 Å². The van der Waals surface area contributed by atoms with E-state index < -0.39 is 0 Å². The molecule has 1 unspecified atom stereocenters. The number of hydrogen-bond acceptors (Lipinski definition) is 2. The van der Waals surface area contributed by atoms with Crippen LogP contribution in [0.25, 0.3) is 0 Å². The normalized spacial score (nSPS) is 19.5. The standard InChI is InChI=1S/C12H17NO/c1-3-14-11-7-4-8(2)12-9(11)5-6-10(12)13/h4,7,10H,3,5-6,13H2,1-2H3. The Hall–Kier alpha value is -1.02. The highest BCUT2D eigenvalue weighted by Crippen LogP contribution is 2.37. The molecule has 2 N–H and O–H groups in total. The first-order valence-electron chi connectivity index (χ1n) is 5.24. The fourth-order valence-corrected chi connectivity index (χ4v) is 2.27. The topological polar surface area (TPSA) is 35.2 Å². The van der Waals surface area contributed by atoms with E-state index in [0.717, 1.165) is 25.2 Å². The van der Waals surface area contributed by atoms with Crippen molar-refractivity contribution in [1.29, 1.82) is 0 Å². The summed E-state index contributed by atoms with van der Waals surface area (Å²) in [6.45, 7) is 4.87. The molecule has 14 heavy (non-hydrogen) atoms. The van der Waals surface area contributed by atoms with Crippen LogP contribution in [0, 0.1) is 6.92 Å². The van der Waals surface area contributed by atoms with Gasteiger partial charge in [0, 0.05) is 6.04 Å². The Balaban J connectivity index is 2.47. The zero-order valence-electron chi connectivity index (χ0n) is 8.84. The van der Waals surface area contributed by atoms with Gasteiger partial charge < -0.3 is 10.5 Å². The molecule has 0 heterocycles. The van der Waals surface area contributed by atoms with Crippen molar-refractivity contribution < 1.29 is 4.74 Å². The van der Waals surface area contributed by atoms with Gasteiger partial charge in [-0.25, -0.2) is 0 Å². The predicted molar refractivity (Wildman–Crippen MR) is 57.6 cm³/mol. The van der Waals surface area contributed by atoms with Crippen LogP contribution in [0.5, 0.6) is 5.75 Å². The van der Waals surface area contributed by atoms with E-state index in [1.807, 2.05) is 6.92 Å². The molecule has 0 radical (unpaired) electrons. The molecule has 0 saturated carbocycles. The third kappa shape index (κ3) is 1.40. The molecule has 1 aliphatic carbocycles. The molecule has 1 aromatic carbocycles. The first-order chi connectivity index (χ1) is 6.74. The molecule has 2 nitrogen and oxygen atoms in total. The quantitative estimate of drug-likeness (QED) is 0.778. The van der Waals surface area contributed by atoms with Crippen molar-refractivity contribution in [2.24, 2.45) is 5.73 Å². The van der Waals surface area contributed by atoms with Crippen LogP contribution in [0.3, 0.4) is 0 Å². The van der Waals surface area contributed by atoms with Gasteiger partial charge in [0.05, 0.1) is 6.61 Å². The minimum Gasteiger partial charge on any atom is -0.494 e. The molecule has 0 bridgehead atoms. The number of fused-ring (bicyclic) bond motifs is 1. The molecular weight excluding hydrogens is 174 g/mol. The average molecular weight is 191 g/mol. The Morgan fingerprint density at radius 2 is 2.29 bits per heavy atom. The van der Waals surface area contributed by atoms with Crippen LogP contribution >= 0.6 is 0 Å². The van der Waals surface area contributed by atoms with Crippen LogP contribution in [-0.4, -0.2) is 6.61 Å².